The Bertz CT molecular complexity index is 560. The Morgan fingerprint density at radius 1 is 1.29 bits per heavy atom. The number of anilines is 1. The largest absolute Gasteiger partial charge is 0.433 e. The summed E-state index contributed by atoms with van der Waals surface area (Å²) in [5.74, 6) is 1.14. The molecule has 17 heavy (non-hydrogen) atoms. The molecule has 0 radical (unpaired) electrons. The zero-order valence-electron chi connectivity index (χ0n) is 10.5. The lowest BCUT2D eigenvalue weighted by Gasteiger charge is -2.07. The SMILES string of the molecule is Cc1cnc(Oc2c(C)nn(C)c2C)c(N)c1. The molecular weight excluding hydrogens is 216 g/mol. The van der Waals surface area contributed by atoms with Crippen LogP contribution in [0, 0.1) is 20.8 Å². The van der Waals surface area contributed by atoms with Crippen molar-refractivity contribution in [1.29, 1.82) is 0 Å². The third kappa shape index (κ3) is 2.08. The molecule has 2 aromatic rings. The number of nitrogen functional groups attached to an aromatic ring is 1. The lowest BCUT2D eigenvalue weighted by molar-refractivity contribution is 0.457. The van der Waals surface area contributed by atoms with E-state index in [1.165, 1.54) is 0 Å². The topological polar surface area (TPSA) is 66.0 Å². The van der Waals surface area contributed by atoms with Crippen LogP contribution in [-0.2, 0) is 7.05 Å². The maximum absolute atomic E-state index is 5.86. The number of ether oxygens (including phenoxy) is 1. The predicted molar refractivity (Wildman–Crippen MR) is 66.1 cm³/mol. The second kappa shape index (κ2) is 4.08. The minimum Gasteiger partial charge on any atom is -0.433 e. The first-order chi connectivity index (χ1) is 7.99. The highest BCUT2D eigenvalue weighted by Gasteiger charge is 2.13. The molecular formula is C12H16N4O. The zero-order chi connectivity index (χ0) is 12.6. The molecule has 0 atom stereocenters. The molecule has 0 unspecified atom stereocenters. The van der Waals surface area contributed by atoms with Gasteiger partial charge in [0.05, 0.1) is 11.4 Å². The summed E-state index contributed by atoms with van der Waals surface area (Å²) in [6.07, 6.45) is 1.73. The Kier molecular flexibility index (Phi) is 2.75. The number of hydrogen-bond acceptors (Lipinski definition) is 4. The number of nitrogens with zero attached hydrogens (tertiary/aromatic N) is 3. The molecule has 2 aromatic heterocycles. The molecule has 2 N–H and O–H groups in total. The van der Waals surface area contributed by atoms with Crippen LogP contribution >= 0.6 is 0 Å². The van der Waals surface area contributed by atoms with Crippen molar-refractivity contribution in [3.8, 4) is 11.6 Å². The summed E-state index contributed by atoms with van der Waals surface area (Å²) < 4.78 is 7.50. The summed E-state index contributed by atoms with van der Waals surface area (Å²) in [5, 5.41) is 4.28. The van der Waals surface area contributed by atoms with Gasteiger partial charge in [-0.05, 0) is 32.4 Å². The molecule has 0 fully saturated rings. The van der Waals surface area contributed by atoms with Crippen molar-refractivity contribution < 1.29 is 4.74 Å². The summed E-state index contributed by atoms with van der Waals surface area (Å²) in [6.45, 7) is 5.78. The Morgan fingerprint density at radius 2 is 2.00 bits per heavy atom. The first-order valence-electron chi connectivity index (χ1n) is 5.39. The summed E-state index contributed by atoms with van der Waals surface area (Å²) >= 11 is 0. The summed E-state index contributed by atoms with van der Waals surface area (Å²) in [7, 11) is 1.88. The lowest BCUT2D eigenvalue weighted by atomic mass is 10.3. The molecule has 0 aliphatic carbocycles. The van der Waals surface area contributed by atoms with Crippen LogP contribution in [0.25, 0.3) is 0 Å². The van der Waals surface area contributed by atoms with Gasteiger partial charge in [-0.1, -0.05) is 0 Å². The van der Waals surface area contributed by atoms with Gasteiger partial charge in [0.25, 0.3) is 0 Å². The standard InChI is InChI=1S/C12H16N4O/c1-7-5-10(13)12(14-6-7)17-11-8(2)15-16(4)9(11)3/h5-6H,13H2,1-4H3. The highest BCUT2D eigenvalue weighted by Crippen LogP contribution is 2.30. The molecule has 0 saturated carbocycles. The van der Waals surface area contributed by atoms with Gasteiger partial charge >= 0.3 is 0 Å². The number of rotatable bonds is 2. The number of aryl methyl sites for hydroxylation is 3. The molecule has 0 saturated heterocycles. The number of hydrogen-bond donors (Lipinski definition) is 1. The van der Waals surface area contributed by atoms with Crippen molar-refractivity contribution in [3.63, 3.8) is 0 Å². The van der Waals surface area contributed by atoms with E-state index in [-0.39, 0.29) is 0 Å². The highest BCUT2D eigenvalue weighted by molar-refractivity contribution is 5.51. The van der Waals surface area contributed by atoms with Crippen molar-refractivity contribution in [2.75, 3.05) is 5.73 Å². The predicted octanol–water partition coefficient (Wildman–Crippen LogP) is 2.11. The fourth-order valence-electron chi connectivity index (χ4n) is 1.66. The third-order valence-electron chi connectivity index (χ3n) is 2.66. The number of nitrogens with two attached hydrogens (primary N) is 1. The van der Waals surface area contributed by atoms with Crippen LogP contribution < -0.4 is 10.5 Å². The Labute approximate surface area is 100 Å². The number of aromatic nitrogens is 3. The summed E-state index contributed by atoms with van der Waals surface area (Å²) in [5.41, 5.74) is 9.18. The molecule has 0 bridgehead atoms. The van der Waals surface area contributed by atoms with Crippen LogP contribution in [0.1, 0.15) is 17.0 Å². The number of pyridine rings is 1. The molecule has 2 rings (SSSR count). The lowest BCUT2D eigenvalue weighted by Crippen LogP contribution is -1.97. The minimum atomic E-state index is 0.426. The van der Waals surface area contributed by atoms with E-state index < -0.39 is 0 Å². The fourth-order valence-corrected chi connectivity index (χ4v) is 1.66. The van der Waals surface area contributed by atoms with E-state index in [0.29, 0.717) is 11.6 Å². The first kappa shape index (κ1) is 11.4. The normalized spacial score (nSPS) is 10.6. The Hall–Kier alpha value is -2.04. The molecule has 0 spiro atoms. The van der Waals surface area contributed by atoms with Gasteiger partial charge in [-0.2, -0.15) is 5.10 Å². The van der Waals surface area contributed by atoms with Gasteiger partial charge in [-0.25, -0.2) is 4.98 Å². The van der Waals surface area contributed by atoms with Gasteiger partial charge in [0, 0.05) is 13.2 Å². The average molecular weight is 232 g/mol. The third-order valence-corrected chi connectivity index (χ3v) is 2.66. The van der Waals surface area contributed by atoms with E-state index in [0.717, 1.165) is 22.7 Å². The Morgan fingerprint density at radius 3 is 2.53 bits per heavy atom. The van der Waals surface area contributed by atoms with Gasteiger partial charge < -0.3 is 10.5 Å². The summed E-state index contributed by atoms with van der Waals surface area (Å²) in [4.78, 5) is 4.18. The molecule has 2 heterocycles. The van der Waals surface area contributed by atoms with Gasteiger partial charge in [0.1, 0.15) is 5.69 Å². The maximum atomic E-state index is 5.86. The van der Waals surface area contributed by atoms with Crippen LogP contribution in [0.3, 0.4) is 0 Å². The van der Waals surface area contributed by atoms with Crippen LogP contribution in [0.15, 0.2) is 12.3 Å². The smallest absolute Gasteiger partial charge is 0.242 e. The second-order valence-corrected chi connectivity index (χ2v) is 4.13. The molecule has 0 aliphatic heterocycles. The van der Waals surface area contributed by atoms with Gasteiger partial charge in [-0.15, -0.1) is 0 Å². The minimum absolute atomic E-state index is 0.426. The van der Waals surface area contributed by atoms with E-state index in [1.54, 1.807) is 10.9 Å². The van der Waals surface area contributed by atoms with Crippen LogP contribution in [-0.4, -0.2) is 14.8 Å². The average Bonchev–Trinajstić information content (AvgIpc) is 2.48. The van der Waals surface area contributed by atoms with E-state index in [4.69, 9.17) is 10.5 Å². The van der Waals surface area contributed by atoms with E-state index in [2.05, 4.69) is 10.1 Å². The second-order valence-electron chi connectivity index (χ2n) is 4.13. The van der Waals surface area contributed by atoms with Gasteiger partial charge in [0.15, 0.2) is 5.75 Å². The zero-order valence-corrected chi connectivity index (χ0v) is 10.5. The van der Waals surface area contributed by atoms with Crippen molar-refractivity contribution in [3.05, 3.63) is 29.2 Å². The monoisotopic (exact) mass is 232 g/mol. The fraction of sp³-hybridized carbons (Fsp3) is 0.333. The van der Waals surface area contributed by atoms with Crippen LogP contribution in [0.4, 0.5) is 5.69 Å². The van der Waals surface area contributed by atoms with Crippen molar-refractivity contribution >= 4 is 5.69 Å². The molecule has 5 nitrogen and oxygen atoms in total. The maximum Gasteiger partial charge on any atom is 0.242 e. The Balaban J connectivity index is 2.38. The van der Waals surface area contributed by atoms with Gasteiger partial charge in [0.2, 0.25) is 5.88 Å². The first-order valence-corrected chi connectivity index (χ1v) is 5.39. The molecule has 0 aliphatic rings. The summed E-state index contributed by atoms with van der Waals surface area (Å²) in [6, 6.07) is 1.84. The van der Waals surface area contributed by atoms with Crippen molar-refractivity contribution in [2.45, 2.75) is 20.8 Å². The quantitative estimate of drug-likeness (QED) is 0.861. The van der Waals surface area contributed by atoms with Crippen molar-refractivity contribution in [2.24, 2.45) is 7.05 Å². The molecule has 0 amide bonds. The van der Waals surface area contributed by atoms with Crippen LogP contribution in [0.5, 0.6) is 11.6 Å². The van der Waals surface area contributed by atoms with Gasteiger partial charge in [-0.3, -0.25) is 4.68 Å². The van der Waals surface area contributed by atoms with E-state index in [1.807, 2.05) is 33.9 Å². The van der Waals surface area contributed by atoms with E-state index >= 15 is 0 Å². The van der Waals surface area contributed by atoms with Crippen LogP contribution in [0.2, 0.25) is 0 Å². The van der Waals surface area contributed by atoms with Crippen molar-refractivity contribution in [1.82, 2.24) is 14.8 Å². The molecule has 5 heteroatoms. The molecule has 90 valence electrons. The van der Waals surface area contributed by atoms with E-state index in [9.17, 15) is 0 Å². The molecule has 0 aromatic carbocycles. The highest BCUT2D eigenvalue weighted by atomic mass is 16.5.